The van der Waals surface area contributed by atoms with Gasteiger partial charge < -0.3 is 24.4 Å². The van der Waals surface area contributed by atoms with Crippen molar-refractivity contribution in [1.82, 2.24) is 5.32 Å². The maximum absolute atomic E-state index is 12.2. The largest absolute Gasteiger partial charge is 0.379 e. The Morgan fingerprint density at radius 1 is 1.29 bits per heavy atom. The van der Waals surface area contributed by atoms with Gasteiger partial charge in [0.2, 0.25) is 5.91 Å². The fraction of sp³-hybridized carbons (Fsp3) is 0.611. The summed E-state index contributed by atoms with van der Waals surface area (Å²) in [5, 5.41) is 2.96. The number of hydrogen-bond acceptors (Lipinski definition) is 5. The van der Waals surface area contributed by atoms with Crippen LogP contribution in [0.3, 0.4) is 0 Å². The molecule has 0 radical (unpaired) electrons. The summed E-state index contributed by atoms with van der Waals surface area (Å²) in [6, 6.07) is 8.16. The minimum atomic E-state index is -0.485. The van der Waals surface area contributed by atoms with Crippen molar-refractivity contribution in [1.29, 1.82) is 0 Å². The van der Waals surface area contributed by atoms with Crippen molar-refractivity contribution in [3.63, 3.8) is 0 Å². The van der Waals surface area contributed by atoms with Crippen molar-refractivity contribution in [2.24, 2.45) is 0 Å². The van der Waals surface area contributed by atoms with Gasteiger partial charge in [-0.25, -0.2) is 0 Å². The predicted molar refractivity (Wildman–Crippen MR) is 93.2 cm³/mol. The number of morpholine rings is 1. The zero-order valence-corrected chi connectivity index (χ0v) is 14.6. The number of anilines is 1. The third kappa shape index (κ3) is 5.78. The zero-order chi connectivity index (χ0) is 17.2. The fourth-order valence-electron chi connectivity index (χ4n) is 2.60. The van der Waals surface area contributed by atoms with Crippen molar-refractivity contribution in [3.8, 4) is 0 Å². The van der Waals surface area contributed by atoms with E-state index in [4.69, 9.17) is 14.2 Å². The number of para-hydroxylation sites is 1. The molecule has 1 atom stereocenters. The molecule has 1 heterocycles. The molecule has 0 spiro atoms. The number of nitrogens with one attached hydrogen (secondary N) is 1. The Morgan fingerprint density at radius 2 is 2.04 bits per heavy atom. The van der Waals surface area contributed by atoms with Gasteiger partial charge in [0.15, 0.2) is 0 Å². The van der Waals surface area contributed by atoms with Crippen molar-refractivity contribution < 1.29 is 19.0 Å². The Morgan fingerprint density at radius 3 is 2.79 bits per heavy atom. The lowest BCUT2D eigenvalue weighted by molar-refractivity contribution is -0.132. The van der Waals surface area contributed by atoms with Gasteiger partial charge >= 0.3 is 0 Å². The highest BCUT2D eigenvalue weighted by Gasteiger charge is 2.16. The van der Waals surface area contributed by atoms with Crippen LogP contribution in [-0.4, -0.2) is 58.1 Å². The lowest BCUT2D eigenvalue weighted by Gasteiger charge is -2.30. The highest BCUT2D eigenvalue weighted by Crippen LogP contribution is 2.21. The fourth-order valence-corrected chi connectivity index (χ4v) is 2.60. The van der Waals surface area contributed by atoms with E-state index in [1.807, 2.05) is 25.1 Å². The number of benzene rings is 1. The lowest BCUT2D eigenvalue weighted by atomic mass is 10.1. The quantitative estimate of drug-likeness (QED) is 0.694. The Bertz CT molecular complexity index is 504. The van der Waals surface area contributed by atoms with Gasteiger partial charge in [-0.2, -0.15) is 0 Å². The van der Waals surface area contributed by atoms with Gasteiger partial charge in [0, 0.05) is 31.9 Å². The Labute approximate surface area is 144 Å². The van der Waals surface area contributed by atoms with Crippen LogP contribution in [0.2, 0.25) is 0 Å². The SMILES string of the molecule is CCOCCO[C@H](C)C(=O)NCc1ccccc1N1CCOCC1. The maximum Gasteiger partial charge on any atom is 0.249 e. The molecule has 1 aliphatic heterocycles. The molecule has 0 aromatic heterocycles. The minimum Gasteiger partial charge on any atom is -0.379 e. The molecule has 134 valence electrons. The molecule has 0 saturated carbocycles. The summed E-state index contributed by atoms with van der Waals surface area (Å²) in [5.41, 5.74) is 2.26. The second kappa shape index (κ2) is 10.3. The monoisotopic (exact) mass is 336 g/mol. The van der Waals surface area contributed by atoms with Gasteiger partial charge in [0.05, 0.1) is 26.4 Å². The normalized spacial score (nSPS) is 16.0. The maximum atomic E-state index is 12.2. The molecule has 1 saturated heterocycles. The smallest absolute Gasteiger partial charge is 0.249 e. The number of nitrogens with zero attached hydrogens (tertiary/aromatic N) is 1. The first-order valence-electron chi connectivity index (χ1n) is 8.60. The minimum absolute atomic E-state index is 0.108. The van der Waals surface area contributed by atoms with Gasteiger partial charge in [-0.15, -0.1) is 0 Å². The van der Waals surface area contributed by atoms with E-state index in [0.29, 0.717) is 26.4 Å². The summed E-state index contributed by atoms with van der Waals surface area (Å²) in [6.45, 7) is 9.01. The summed E-state index contributed by atoms with van der Waals surface area (Å²) in [7, 11) is 0. The molecule has 1 aromatic rings. The standard InChI is InChI=1S/C18H28N2O4/c1-3-22-12-13-24-15(2)18(21)19-14-16-6-4-5-7-17(16)20-8-10-23-11-9-20/h4-7,15H,3,8-14H2,1-2H3,(H,19,21)/t15-/m1/s1. The summed E-state index contributed by atoms with van der Waals surface area (Å²) in [6.07, 6.45) is -0.485. The first-order valence-corrected chi connectivity index (χ1v) is 8.60. The summed E-state index contributed by atoms with van der Waals surface area (Å²) >= 11 is 0. The number of hydrogen-bond donors (Lipinski definition) is 1. The van der Waals surface area contributed by atoms with E-state index < -0.39 is 6.10 Å². The van der Waals surface area contributed by atoms with E-state index in [1.54, 1.807) is 6.92 Å². The Balaban J connectivity index is 1.83. The van der Waals surface area contributed by atoms with Gasteiger partial charge in [-0.3, -0.25) is 4.79 Å². The number of rotatable bonds is 9. The second-order valence-electron chi connectivity index (χ2n) is 5.66. The molecule has 1 fully saturated rings. The van der Waals surface area contributed by atoms with Gasteiger partial charge in [0.25, 0.3) is 0 Å². The van der Waals surface area contributed by atoms with Crippen LogP contribution >= 0.6 is 0 Å². The molecule has 0 unspecified atom stereocenters. The van der Waals surface area contributed by atoms with E-state index in [0.717, 1.165) is 37.6 Å². The molecule has 1 aliphatic rings. The molecule has 0 aliphatic carbocycles. The third-order valence-corrected chi connectivity index (χ3v) is 3.97. The molecular formula is C18H28N2O4. The molecule has 1 aromatic carbocycles. The van der Waals surface area contributed by atoms with Crippen LogP contribution in [0.1, 0.15) is 19.4 Å². The molecule has 6 heteroatoms. The van der Waals surface area contributed by atoms with Gasteiger partial charge in [-0.1, -0.05) is 18.2 Å². The van der Waals surface area contributed by atoms with Crippen LogP contribution in [0, 0.1) is 0 Å². The highest BCUT2D eigenvalue weighted by atomic mass is 16.5. The lowest BCUT2D eigenvalue weighted by Crippen LogP contribution is -2.38. The van der Waals surface area contributed by atoms with E-state index in [1.165, 1.54) is 0 Å². The Kier molecular flexibility index (Phi) is 8.01. The van der Waals surface area contributed by atoms with Crippen molar-refractivity contribution >= 4 is 11.6 Å². The first-order chi connectivity index (χ1) is 11.7. The molecule has 6 nitrogen and oxygen atoms in total. The van der Waals surface area contributed by atoms with Gasteiger partial charge in [-0.05, 0) is 25.5 Å². The van der Waals surface area contributed by atoms with Gasteiger partial charge in [0.1, 0.15) is 6.10 Å². The zero-order valence-electron chi connectivity index (χ0n) is 14.6. The van der Waals surface area contributed by atoms with E-state index in [-0.39, 0.29) is 5.91 Å². The number of ether oxygens (including phenoxy) is 3. The molecular weight excluding hydrogens is 308 g/mol. The van der Waals surface area contributed by atoms with E-state index in [9.17, 15) is 4.79 Å². The predicted octanol–water partition coefficient (Wildman–Crippen LogP) is 1.58. The van der Waals surface area contributed by atoms with Crippen molar-refractivity contribution in [2.45, 2.75) is 26.5 Å². The highest BCUT2D eigenvalue weighted by molar-refractivity contribution is 5.80. The molecule has 24 heavy (non-hydrogen) atoms. The van der Waals surface area contributed by atoms with Crippen molar-refractivity contribution in [3.05, 3.63) is 29.8 Å². The van der Waals surface area contributed by atoms with E-state index in [2.05, 4.69) is 16.3 Å². The van der Waals surface area contributed by atoms with E-state index >= 15 is 0 Å². The van der Waals surface area contributed by atoms with Crippen LogP contribution in [0.4, 0.5) is 5.69 Å². The second-order valence-corrected chi connectivity index (χ2v) is 5.66. The average molecular weight is 336 g/mol. The summed E-state index contributed by atoms with van der Waals surface area (Å²) in [5.74, 6) is -0.108. The van der Waals surface area contributed by atoms with Crippen LogP contribution < -0.4 is 10.2 Å². The summed E-state index contributed by atoms with van der Waals surface area (Å²) < 4.78 is 16.1. The molecule has 0 bridgehead atoms. The van der Waals surface area contributed by atoms with Crippen LogP contribution in [0.15, 0.2) is 24.3 Å². The first kappa shape index (κ1) is 18.7. The van der Waals surface area contributed by atoms with Crippen molar-refractivity contribution in [2.75, 3.05) is 51.0 Å². The number of carbonyl (C=O) groups excluding carboxylic acids is 1. The van der Waals surface area contributed by atoms with Crippen LogP contribution in [-0.2, 0) is 25.5 Å². The number of carbonyl (C=O) groups is 1. The number of amides is 1. The molecule has 1 N–H and O–H groups in total. The Hall–Kier alpha value is -1.63. The molecule has 2 rings (SSSR count). The topological polar surface area (TPSA) is 60.0 Å². The van der Waals surface area contributed by atoms with Crippen LogP contribution in [0.25, 0.3) is 0 Å². The third-order valence-electron chi connectivity index (χ3n) is 3.97. The van der Waals surface area contributed by atoms with Crippen LogP contribution in [0.5, 0.6) is 0 Å². The summed E-state index contributed by atoms with van der Waals surface area (Å²) in [4.78, 5) is 14.5. The molecule has 1 amide bonds. The average Bonchev–Trinajstić information content (AvgIpc) is 2.64.